The zero-order valence-corrected chi connectivity index (χ0v) is 17.1. The number of thiocarbonyl (C=S) groups is 1. The summed E-state index contributed by atoms with van der Waals surface area (Å²) in [5.74, 6) is 1.24. The van der Waals surface area contributed by atoms with Crippen molar-refractivity contribution in [2.75, 3.05) is 18.4 Å². The molecule has 3 fully saturated rings. The smallest absolute Gasteiger partial charge is 0.316 e. The Hall–Kier alpha value is -1.80. The Morgan fingerprint density at radius 2 is 2.04 bits per heavy atom. The number of carbonyl (C=O) groups is 1. The second-order valence-corrected chi connectivity index (χ2v) is 8.52. The normalized spacial score (nSPS) is 23.6. The standard InChI is InChI=1S/C15H19N3O.C5H9FN2S/c16-15(19)18-14-10-2-1-3-11(10)17-13(9-6-7-9)12(14)8-4-5-8;1-2-8-3-4(6)5(9)7-8/h8-9H,1-7H2,(H3,16,17,18,19);4H,2-3H2,1H3,(H,7,9). The number of aryl methyl sites for hydroxylation is 1. The topological polar surface area (TPSA) is 83.3 Å². The third-order valence-electron chi connectivity index (χ3n) is 5.80. The molecule has 4 aliphatic rings. The highest BCUT2D eigenvalue weighted by atomic mass is 32.1. The highest BCUT2D eigenvalue weighted by molar-refractivity contribution is 7.80. The van der Waals surface area contributed by atoms with Crippen LogP contribution in [-0.4, -0.2) is 40.3 Å². The van der Waals surface area contributed by atoms with Gasteiger partial charge in [0.25, 0.3) is 0 Å². The average Bonchev–Trinajstić information content (AvgIpc) is 3.58. The molecule has 5 rings (SSSR count). The number of hydrogen-bond acceptors (Lipinski definition) is 4. The van der Waals surface area contributed by atoms with E-state index in [9.17, 15) is 9.18 Å². The number of rotatable bonds is 4. The maximum absolute atomic E-state index is 12.5. The van der Waals surface area contributed by atoms with E-state index < -0.39 is 12.2 Å². The lowest BCUT2D eigenvalue weighted by Crippen LogP contribution is -2.31. The summed E-state index contributed by atoms with van der Waals surface area (Å²) in [6.07, 6.45) is 7.23. The molecule has 1 atom stereocenters. The molecule has 0 spiro atoms. The maximum Gasteiger partial charge on any atom is 0.316 e. The highest BCUT2D eigenvalue weighted by Gasteiger charge is 2.38. The molecule has 6 nitrogen and oxygen atoms in total. The van der Waals surface area contributed by atoms with Gasteiger partial charge in [-0.25, -0.2) is 14.2 Å². The number of hydrazine groups is 1. The third kappa shape index (κ3) is 4.12. The number of primary amides is 1. The second-order valence-electron chi connectivity index (χ2n) is 8.08. The molecule has 1 saturated heterocycles. The first-order valence-corrected chi connectivity index (χ1v) is 10.7. The van der Waals surface area contributed by atoms with Gasteiger partial charge in [-0.15, -0.1) is 0 Å². The van der Waals surface area contributed by atoms with Crippen LogP contribution in [-0.2, 0) is 12.8 Å². The van der Waals surface area contributed by atoms with Crippen molar-refractivity contribution in [1.29, 1.82) is 0 Å². The molecule has 1 aromatic heterocycles. The van der Waals surface area contributed by atoms with Crippen LogP contribution >= 0.6 is 12.2 Å². The zero-order chi connectivity index (χ0) is 19.8. The van der Waals surface area contributed by atoms with Gasteiger partial charge in [0.2, 0.25) is 0 Å². The average molecular weight is 406 g/mol. The van der Waals surface area contributed by atoms with Crippen LogP contribution < -0.4 is 16.5 Å². The Labute approximate surface area is 170 Å². The fraction of sp³-hybridized carbons (Fsp3) is 0.650. The van der Waals surface area contributed by atoms with Crippen molar-refractivity contribution in [3.05, 3.63) is 22.5 Å². The summed E-state index contributed by atoms with van der Waals surface area (Å²) in [6.45, 7) is 3.14. The Morgan fingerprint density at radius 3 is 2.54 bits per heavy atom. The monoisotopic (exact) mass is 405 g/mol. The van der Waals surface area contributed by atoms with E-state index in [0.717, 1.165) is 31.5 Å². The van der Waals surface area contributed by atoms with Crippen LogP contribution in [0.5, 0.6) is 0 Å². The lowest BCUT2D eigenvalue weighted by molar-refractivity contribution is 0.254. The summed E-state index contributed by atoms with van der Waals surface area (Å²) in [5, 5.41) is 4.67. The number of urea groups is 1. The van der Waals surface area contributed by atoms with Crippen LogP contribution in [0.15, 0.2) is 0 Å². The summed E-state index contributed by atoms with van der Waals surface area (Å²) in [5.41, 5.74) is 14.2. The lowest BCUT2D eigenvalue weighted by atomic mass is 9.98. The Kier molecular flexibility index (Phi) is 5.51. The third-order valence-corrected chi connectivity index (χ3v) is 6.15. The first-order valence-electron chi connectivity index (χ1n) is 10.3. The number of pyridine rings is 1. The van der Waals surface area contributed by atoms with E-state index in [2.05, 4.69) is 23.0 Å². The van der Waals surface area contributed by atoms with Crippen LogP contribution in [0.25, 0.3) is 0 Å². The van der Waals surface area contributed by atoms with Crippen LogP contribution in [0.2, 0.25) is 0 Å². The van der Waals surface area contributed by atoms with Crippen molar-refractivity contribution in [3.8, 4) is 0 Å². The molecule has 4 N–H and O–H groups in total. The summed E-state index contributed by atoms with van der Waals surface area (Å²) in [4.78, 5) is 16.6. The highest BCUT2D eigenvalue weighted by Crippen LogP contribution is 2.52. The first-order chi connectivity index (χ1) is 13.5. The number of hydrogen-bond donors (Lipinski definition) is 3. The molecule has 1 unspecified atom stereocenters. The molecule has 2 amide bonds. The molecule has 0 aromatic carbocycles. The van der Waals surface area contributed by atoms with Crippen LogP contribution in [0.4, 0.5) is 14.9 Å². The summed E-state index contributed by atoms with van der Waals surface area (Å²) in [7, 11) is 0. The van der Waals surface area contributed by atoms with Crippen LogP contribution in [0.3, 0.4) is 0 Å². The number of nitrogens with two attached hydrogens (primary N) is 1. The predicted octanol–water partition coefficient (Wildman–Crippen LogP) is 3.31. The number of carbonyl (C=O) groups excluding carboxylic acids is 1. The predicted molar refractivity (Wildman–Crippen MR) is 111 cm³/mol. The fourth-order valence-corrected chi connectivity index (χ4v) is 4.30. The minimum absolute atomic E-state index is 0.317. The van der Waals surface area contributed by atoms with Gasteiger partial charge in [0.15, 0.2) is 6.17 Å². The van der Waals surface area contributed by atoms with Gasteiger partial charge >= 0.3 is 6.03 Å². The minimum Gasteiger partial charge on any atom is -0.351 e. The largest absolute Gasteiger partial charge is 0.351 e. The van der Waals surface area contributed by atoms with Crippen molar-refractivity contribution < 1.29 is 9.18 Å². The number of nitrogens with zero attached hydrogens (tertiary/aromatic N) is 2. The lowest BCUT2D eigenvalue weighted by Gasteiger charge is -2.18. The quantitative estimate of drug-likeness (QED) is 0.670. The number of nitrogens with one attached hydrogen (secondary N) is 2. The molecule has 0 radical (unpaired) electrons. The number of halogens is 1. The van der Waals surface area contributed by atoms with E-state index in [4.69, 9.17) is 10.7 Å². The Bertz CT molecular complexity index is 793. The van der Waals surface area contributed by atoms with Gasteiger partial charge < -0.3 is 16.5 Å². The van der Waals surface area contributed by atoms with Gasteiger partial charge in [0, 0.05) is 29.4 Å². The Morgan fingerprint density at radius 1 is 1.32 bits per heavy atom. The van der Waals surface area contributed by atoms with Gasteiger partial charge in [-0.2, -0.15) is 0 Å². The molecule has 3 aliphatic carbocycles. The van der Waals surface area contributed by atoms with Crippen LogP contribution in [0, 0.1) is 0 Å². The molecule has 2 heterocycles. The molecule has 0 bridgehead atoms. The summed E-state index contributed by atoms with van der Waals surface area (Å²) >= 11 is 4.66. The molecule has 28 heavy (non-hydrogen) atoms. The van der Waals surface area contributed by atoms with E-state index >= 15 is 0 Å². The number of alkyl halides is 1. The van der Waals surface area contributed by atoms with E-state index in [1.807, 2.05) is 6.92 Å². The molecular weight excluding hydrogens is 377 g/mol. The zero-order valence-electron chi connectivity index (χ0n) is 16.3. The van der Waals surface area contributed by atoms with Crippen molar-refractivity contribution >= 4 is 28.9 Å². The molecule has 1 aliphatic heterocycles. The maximum atomic E-state index is 12.5. The van der Waals surface area contributed by atoms with E-state index in [-0.39, 0.29) is 0 Å². The van der Waals surface area contributed by atoms with Gasteiger partial charge in [-0.1, -0.05) is 19.1 Å². The minimum atomic E-state index is -0.958. The van der Waals surface area contributed by atoms with Gasteiger partial charge in [0.1, 0.15) is 4.99 Å². The van der Waals surface area contributed by atoms with E-state index in [1.54, 1.807) is 5.01 Å². The van der Waals surface area contributed by atoms with Crippen LogP contribution in [0.1, 0.15) is 73.4 Å². The molecule has 152 valence electrons. The SMILES string of the molecule is CCN1CC(F)C(=S)N1.NC(=O)Nc1c2c(nc(C3CC3)c1C1CC1)CCC2. The summed E-state index contributed by atoms with van der Waals surface area (Å²) < 4.78 is 12.5. The fourth-order valence-electron chi connectivity index (χ4n) is 4.09. The number of aromatic nitrogens is 1. The summed E-state index contributed by atoms with van der Waals surface area (Å²) in [6, 6.07) is -0.441. The van der Waals surface area contributed by atoms with Crippen molar-refractivity contribution in [1.82, 2.24) is 15.4 Å². The van der Waals surface area contributed by atoms with Crippen molar-refractivity contribution in [2.45, 2.75) is 69.9 Å². The molecule has 8 heteroatoms. The number of fused-ring (bicyclic) bond motifs is 1. The molecular formula is C20H28FN5OS. The number of anilines is 1. The van der Waals surface area contributed by atoms with E-state index in [0.29, 0.717) is 23.4 Å². The molecule has 1 aromatic rings. The van der Waals surface area contributed by atoms with Crippen molar-refractivity contribution in [3.63, 3.8) is 0 Å². The van der Waals surface area contributed by atoms with E-state index in [1.165, 1.54) is 48.2 Å². The second kappa shape index (κ2) is 7.91. The van der Waals surface area contributed by atoms with Crippen molar-refractivity contribution in [2.24, 2.45) is 5.73 Å². The van der Waals surface area contributed by atoms with Gasteiger partial charge in [-0.05, 0) is 56.4 Å². The Balaban J connectivity index is 0.000000181. The number of amides is 2. The molecule has 2 saturated carbocycles. The first kappa shape index (κ1) is 19.5. The van der Waals surface area contributed by atoms with Gasteiger partial charge in [-0.3, -0.25) is 4.98 Å². The van der Waals surface area contributed by atoms with Gasteiger partial charge in [0.05, 0.1) is 12.2 Å².